The number of hydrogen-bond donors (Lipinski definition) is 2. The third kappa shape index (κ3) is 6.10. The largest absolute Gasteiger partial charge is 0.375 e. The first-order valence-electron chi connectivity index (χ1n) is 12.9. The van der Waals surface area contributed by atoms with Crippen molar-refractivity contribution in [2.24, 2.45) is 5.92 Å². The number of benzene rings is 1. The van der Waals surface area contributed by atoms with Crippen molar-refractivity contribution in [3.8, 4) is 11.4 Å². The van der Waals surface area contributed by atoms with E-state index < -0.39 is 10.0 Å². The quantitative estimate of drug-likeness (QED) is 0.478. The zero-order valence-electron chi connectivity index (χ0n) is 20.8. The van der Waals surface area contributed by atoms with E-state index in [1.807, 2.05) is 12.1 Å². The summed E-state index contributed by atoms with van der Waals surface area (Å²) < 4.78 is 45.3. The maximum atomic E-state index is 13.5. The monoisotopic (exact) mass is 529 g/mol. The van der Waals surface area contributed by atoms with Gasteiger partial charge < -0.3 is 14.6 Å². The first-order chi connectivity index (χ1) is 17.8. The van der Waals surface area contributed by atoms with Crippen LogP contribution in [-0.2, 0) is 19.6 Å². The summed E-state index contributed by atoms with van der Waals surface area (Å²) in [5, 5.41) is 0. The Kier molecular flexibility index (Phi) is 7.43. The first-order valence-corrected chi connectivity index (χ1v) is 14.5. The molecule has 37 heavy (non-hydrogen) atoms. The summed E-state index contributed by atoms with van der Waals surface area (Å²) in [7, 11) is -3.51. The van der Waals surface area contributed by atoms with Crippen LogP contribution in [0.5, 0.6) is 0 Å². The lowest BCUT2D eigenvalue weighted by Crippen LogP contribution is -2.41. The average Bonchev–Trinajstić information content (AvgIpc) is 3.33. The van der Waals surface area contributed by atoms with Crippen LogP contribution >= 0.6 is 0 Å². The van der Waals surface area contributed by atoms with Gasteiger partial charge in [-0.1, -0.05) is 0 Å². The molecule has 0 radical (unpaired) electrons. The van der Waals surface area contributed by atoms with Crippen LogP contribution in [0.1, 0.15) is 45.4 Å². The van der Waals surface area contributed by atoms with Crippen LogP contribution in [0, 0.1) is 11.7 Å². The van der Waals surface area contributed by atoms with E-state index in [2.05, 4.69) is 24.6 Å². The second-order valence-corrected chi connectivity index (χ2v) is 11.8. The number of piperidine rings is 1. The van der Waals surface area contributed by atoms with E-state index in [4.69, 9.17) is 4.74 Å². The van der Waals surface area contributed by atoms with Gasteiger partial charge in [-0.3, -0.25) is 9.52 Å². The molecule has 9 nitrogen and oxygen atoms in total. The number of halogens is 1. The van der Waals surface area contributed by atoms with Gasteiger partial charge in [0.25, 0.3) is 0 Å². The zero-order chi connectivity index (χ0) is 26.0. The third-order valence-corrected chi connectivity index (χ3v) is 8.57. The summed E-state index contributed by atoms with van der Waals surface area (Å²) >= 11 is 0. The zero-order valence-corrected chi connectivity index (χ0v) is 21.6. The van der Waals surface area contributed by atoms with Gasteiger partial charge in [0.1, 0.15) is 17.5 Å². The van der Waals surface area contributed by atoms with Crippen molar-refractivity contribution in [1.29, 1.82) is 0 Å². The fourth-order valence-electron chi connectivity index (χ4n) is 5.09. The number of pyridine rings is 1. The summed E-state index contributed by atoms with van der Waals surface area (Å²) in [6.45, 7) is 3.20. The van der Waals surface area contributed by atoms with Gasteiger partial charge in [0.2, 0.25) is 15.9 Å². The molecule has 2 aliphatic rings. The Morgan fingerprint density at radius 1 is 1.11 bits per heavy atom. The summed E-state index contributed by atoms with van der Waals surface area (Å²) in [6, 6.07) is 8.45. The van der Waals surface area contributed by atoms with Gasteiger partial charge in [-0.15, -0.1) is 0 Å². The van der Waals surface area contributed by atoms with Crippen LogP contribution < -0.4 is 9.62 Å². The van der Waals surface area contributed by atoms with Gasteiger partial charge >= 0.3 is 0 Å². The number of carbonyl (C=O) groups excluding carboxylic acids is 1. The molecule has 0 spiro atoms. The number of aromatic amines is 1. The molecule has 1 aliphatic carbocycles. The molecule has 1 aromatic carbocycles. The van der Waals surface area contributed by atoms with Crippen molar-refractivity contribution in [2.75, 3.05) is 23.7 Å². The minimum atomic E-state index is -3.51. The van der Waals surface area contributed by atoms with Crippen LogP contribution in [-0.4, -0.2) is 60.3 Å². The Morgan fingerprint density at radius 3 is 2.51 bits per heavy atom. The van der Waals surface area contributed by atoms with Gasteiger partial charge in [0.05, 0.1) is 29.0 Å². The number of amides is 1. The molecule has 0 bridgehead atoms. The van der Waals surface area contributed by atoms with E-state index in [0.717, 1.165) is 55.7 Å². The number of fused-ring (bicyclic) bond motifs is 1. The fourth-order valence-corrected chi connectivity index (χ4v) is 5.71. The normalized spacial score (nSPS) is 21.3. The lowest BCUT2D eigenvalue weighted by molar-refractivity contribution is -0.125. The smallest absolute Gasteiger partial charge is 0.236 e. The number of hydrogen-bond acceptors (Lipinski definition) is 7. The molecule has 198 valence electrons. The number of nitrogens with zero attached hydrogens (tertiary/aromatic N) is 3. The standard InChI is InChI=1S/C26H32FN5O4S/c1-2-37(34,35)31-26(33)17-3-7-20(8-4-17)36-21-11-13-32(14-12-21)24-10-5-18(16-28-24)25-29-22-9-6-19(27)15-23(22)30-25/h5-6,9-10,15-17,20-21H,2-4,7-8,11-14H2,1H3,(H,29,30)(H,31,33)/t17-,20-. The van der Waals surface area contributed by atoms with Crippen LogP contribution in [0.15, 0.2) is 36.5 Å². The molecule has 11 heteroatoms. The molecule has 2 N–H and O–H groups in total. The van der Waals surface area contributed by atoms with Crippen LogP contribution in [0.2, 0.25) is 0 Å². The van der Waals surface area contributed by atoms with Crippen molar-refractivity contribution in [2.45, 2.75) is 57.7 Å². The van der Waals surface area contributed by atoms with Crippen molar-refractivity contribution in [1.82, 2.24) is 19.7 Å². The Labute approximate surface area is 215 Å². The van der Waals surface area contributed by atoms with Crippen LogP contribution in [0.25, 0.3) is 22.4 Å². The molecular weight excluding hydrogens is 497 g/mol. The molecule has 3 heterocycles. The first kappa shape index (κ1) is 25.6. The predicted molar refractivity (Wildman–Crippen MR) is 139 cm³/mol. The fraction of sp³-hybridized carbons (Fsp3) is 0.500. The van der Waals surface area contributed by atoms with E-state index in [1.54, 1.807) is 12.3 Å². The molecule has 0 atom stereocenters. The lowest BCUT2D eigenvalue weighted by atomic mass is 9.87. The van der Waals surface area contributed by atoms with Gasteiger partial charge in [-0.05, 0) is 69.7 Å². The van der Waals surface area contributed by atoms with E-state index in [0.29, 0.717) is 24.2 Å². The van der Waals surface area contributed by atoms with Gasteiger partial charge in [-0.25, -0.2) is 22.8 Å². The summed E-state index contributed by atoms with van der Waals surface area (Å²) in [5.74, 6) is 0.494. The minimum absolute atomic E-state index is 0.0981. The molecule has 2 fully saturated rings. The number of sulfonamides is 1. The van der Waals surface area contributed by atoms with Crippen molar-refractivity contribution in [3.63, 3.8) is 0 Å². The van der Waals surface area contributed by atoms with Crippen LogP contribution in [0.4, 0.5) is 10.2 Å². The summed E-state index contributed by atoms with van der Waals surface area (Å²) in [6.07, 6.45) is 6.67. The molecule has 1 saturated heterocycles. The molecule has 3 aromatic rings. The van der Waals surface area contributed by atoms with Crippen LogP contribution in [0.3, 0.4) is 0 Å². The topological polar surface area (TPSA) is 117 Å². The highest BCUT2D eigenvalue weighted by atomic mass is 32.2. The van der Waals surface area contributed by atoms with E-state index in [-0.39, 0.29) is 35.6 Å². The van der Waals surface area contributed by atoms with Crippen molar-refractivity contribution < 1.29 is 22.3 Å². The highest BCUT2D eigenvalue weighted by molar-refractivity contribution is 7.90. The second-order valence-electron chi connectivity index (χ2n) is 9.82. The predicted octanol–water partition coefficient (Wildman–Crippen LogP) is 3.77. The van der Waals surface area contributed by atoms with Gasteiger partial charge in [0.15, 0.2) is 0 Å². The van der Waals surface area contributed by atoms with Crippen molar-refractivity contribution >= 4 is 32.8 Å². The third-order valence-electron chi connectivity index (χ3n) is 7.30. The molecule has 2 aromatic heterocycles. The number of nitrogens with one attached hydrogen (secondary N) is 2. The number of ether oxygens (including phenoxy) is 1. The SMILES string of the molecule is CCS(=O)(=O)NC(=O)[C@H]1CC[C@H](OC2CCN(c3ccc(-c4nc5cc(F)ccc5[nH]4)cn3)CC2)CC1. The Bertz CT molecular complexity index is 1350. The lowest BCUT2D eigenvalue weighted by Gasteiger charge is -2.36. The molecule has 1 aliphatic heterocycles. The molecule has 1 amide bonds. The molecule has 1 saturated carbocycles. The Hall–Kier alpha value is -3.05. The highest BCUT2D eigenvalue weighted by Crippen LogP contribution is 2.30. The summed E-state index contributed by atoms with van der Waals surface area (Å²) in [5.41, 5.74) is 2.21. The Balaban J connectivity index is 1.09. The van der Waals surface area contributed by atoms with E-state index in [9.17, 15) is 17.6 Å². The number of anilines is 1. The molecule has 5 rings (SSSR count). The van der Waals surface area contributed by atoms with Gasteiger partial charge in [0, 0.05) is 36.8 Å². The number of rotatable bonds is 7. The van der Waals surface area contributed by atoms with Gasteiger partial charge in [-0.2, -0.15) is 0 Å². The highest BCUT2D eigenvalue weighted by Gasteiger charge is 2.31. The second kappa shape index (κ2) is 10.7. The molecular formula is C26H32FN5O4S. The van der Waals surface area contributed by atoms with Crippen molar-refractivity contribution in [3.05, 3.63) is 42.3 Å². The number of carbonyl (C=O) groups is 1. The number of imidazole rings is 1. The summed E-state index contributed by atoms with van der Waals surface area (Å²) in [4.78, 5) is 26.8. The number of H-pyrrole nitrogens is 1. The van der Waals surface area contributed by atoms with E-state index in [1.165, 1.54) is 19.1 Å². The van der Waals surface area contributed by atoms with E-state index >= 15 is 0 Å². The maximum Gasteiger partial charge on any atom is 0.236 e. The maximum absolute atomic E-state index is 13.5. The number of aromatic nitrogens is 3. The molecule has 0 unspecified atom stereocenters. The minimum Gasteiger partial charge on any atom is -0.375 e. The Morgan fingerprint density at radius 2 is 1.84 bits per heavy atom. The average molecular weight is 530 g/mol.